The minimum atomic E-state index is -0.141. The highest BCUT2D eigenvalue weighted by molar-refractivity contribution is 8.27. The summed E-state index contributed by atoms with van der Waals surface area (Å²) in [5.74, 6) is 1.98. The fourth-order valence-electron chi connectivity index (χ4n) is 2.58. The molecule has 0 radical (unpaired) electrons. The number of amides is 1. The first-order chi connectivity index (χ1) is 12.2. The lowest BCUT2D eigenvalue weighted by atomic mass is 10.2. The van der Waals surface area contributed by atoms with E-state index in [2.05, 4.69) is 0 Å². The molecule has 0 aliphatic carbocycles. The standard InChI is InChI=1S/C18H13NO4S2/c1-21-13-5-3-12(4-6-13)19-17(20)16(25-18(19)24)9-11-2-7-14-15(8-11)23-10-22-14/h2-9H,10H2,1H3/b16-9+. The highest BCUT2D eigenvalue weighted by atomic mass is 32.2. The van der Waals surface area contributed by atoms with Crippen LogP contribution in [-0.2, 0) is 4.79 Å². The fourth-order valence-corrected chi connectivity index (χ4v) is 3.87. The van der Waals surface area contributed by atoms with Crippen molar-refractivity contribution in [1.82, 2.24) is 0 Å². The topological polar surface area (TPSA) is 48.0 Å². The summed E-state index contributed by atoms with van der Waals surface area (Å²) in [5, 5.41) is 0. The molecule has 1 fully saturated rings. The van der Waals surface area contributed by atoms with E-state index in [9.17, 15) is 4.79 Å². The van der Waals surface area contributed by atoms with Gasteiger partial charge < -0.3 is 14.2 Å². The van der Waals surface area contributed by atoms with Crippen molar-refractivity contribution in [1.29, 1.82) is 0 Å². The van der Waals surface area contributed by atoms with Crippen LogP contribution in [0.4, 0.5) is 5.69 Å². The van der Waals surface area contributed by atoms with Gasteiger partial charge in [-0.3, -0.25) is 9.69 Å². The molecule has 1 saturated heterocycles. The average molecular weight is 371 g/mol. The van der Waals surface area contributed by atoms with E-state index in [1.807, 2.05) is 36.4 Å². The van der Waals surface area contributed by atoms with E-state index in [0.29, 0.717) is 20.7 Å². The second-order valence-electron chi connectivity index (χ2n) is 5.33. The van der Waals surface area contributed by atoms with Crippen molar-refractivity contribution in [3.8, 4) is 17.2 Å². The molecule has 2 aromatic carbocycles. The van der Waals surface area contributed by atoms with Gasteiger partial charge in [-0.15, -0.1) is 0 Å². The predicted molar refractivity (Wildman–Crippen MR) is 101 cm³/mol. The Hall–Kier alpha value is -2.51. The molecule has 4 rings (SSSR count). The smallest absolute Gasteiger partial charge is 0.270 e. The summed E-state index contributed by atoms with van der Waals surface area (Å²) in [5.41, 5.74) is 1.58. The van der Waals surface area contributed by atoms with Gasteiger partial charge in [-0.2, -0.15) is 0 Å². The molecule has 2 heterocycles. The normalized spacial score (nSPS) is 17.5. The summed E-state index contributed by atoms with van der Waals surface area (Å²) in [7, 11) is 1.60. The number of carbonyl (C=O) groups is 1. The maximum absolute atomic E-state index is 12.8. The molecule has 25 heavy (non-hydrogen) atoms. The Morgan fingerprint density at radius 1 is 1.16 bits per heavy atom. The molecule has 0 atom stereocenters. The highest BCUT2D eigenvalue weighted by Gasteiger charge is 2.33. The summed E-state index contributed by atoms with van der Waals surface area (Å²) in [4.78, 5) is 14.9. The summed E-state index contributed by atoms with van der Waals surface area (Å²) >= 11 is 6.67. The Kier molecular flexibility index (Phi) is 4.10. The predicted octanol–water partition coefficient (Wildman–Crippen LogP) is 3.83. The Morgan fingerprint density at radius 3 is 2.68 bits per heavy atom. The zero-order valence-corrected chi connectivity index (χ0v) is 14.9. The molecule has 126 valence electrons. The van der Waals surface area contributed by atoms with Crippen LogP contribution in [0.5, 0.6) is 17.2 Å². The zero-order chi connectivity index (χ0) is 17.4. The van der Waals surface area contributed by atoms with Crippen molar-refractivity contribution in [2.75, 3.05) is 18.8 Å². The van der Waals surface area contributed by atoms with Gasteiger partial charge in [0.25, 0.3) is 5.91 Å². The van der Waals surface area contributed by atoms with Gasteiger partial charge in [0, 0.05) is 0 Å². The first-order valence-corrected chi connectivity index (χ1v) is 8.70. The monoisotopic (exact) mass is 371 g/mol. The van der Waals surface area contributed by atoms with Crippen LogP contribution in [-0.4, -0.2) is 24.1 Å². The number of thioether (sulfide) groups is 1. The molecule has 2 aliphatic heterocycles. The SMILES string of the molecule is COc1ccc(N2C(=O)/C(=C\c3ccc4c(c3)OCO4)SC2=S)cc1. The number of benzene rings is 2. The summed E-state index contributed by atoms with van der Waals surface area (Å²) in [6, 6.07) is 12.8. The lowest BCUT2D eigenvalue weighted by Gasteiger charge is -2.14. The quantitative estimate of drug-likeness (QED) is 0.604. The molecule has 7 heteroatoms. The van der Waals surface area contributed by atoms with E-state index >= 15 is 0 Å². The Balaban J connectivity index is 1.62. The Labute approximate surface area is 154 Å². The molecule has 1 amide bonds. The number of ether oxygens (including phenoxy) is 3. The largest absolute Gasteiger partial charge is 0.497 e. The van der Waals surface area contributed by atoms with Gasteiger partial charge in [-0.1, -0.05) is 30.0 Å². The van der Waals surface area contributed by atoms with Gasteiger partial charge in [-0.25, -0.2) is 0 Å². The number of rotatable bonds is 3. The van der Waals surface area contributed by atoms with E-state index in [0.717, 1.165) is 17.0 Å². The lowest BCUT2D eigenvalue weighted by molar-refractivity contribution is -0.113. The maximum atomic E-state index is 12.8. The van der Waals surface area contributed by atoms with Crippen LogP contribution in [0.3, 0.4) is 0 Å². The maximum Gasteiger partial charge on any atom is 0.270 e. The average Bonchev–Trinajstić information content (AvgIpc) is 3.19. The van der Waals surface area contributed by atoms with Gasteiger partial charge in [0.15, 0.2) is 15.8 Å². The molecular formula is C18H13NO4S2. The molecule has 0 bridgehead atoms. The number of thiocarbonyl (C=S) groups is 1. The summed E-state index contributed by atoms with van der Waals surface area (Å²) < 4.78 is 16.3. The first kappa shape index (κ1) is 16.0. The number of nitrogens with zero attached hydrogens (tertiary/aromatic N) is 1. The van der Waals surface area contributed by atoms with Gasteiger partial charge >= 0.3 is 0 Å². The number of hydrogen-bond acceptors (Lipinski definition) is 6. The highest BCUT2D eigenvalue weighted by Crippen LogP contribution is 2.38. The first-order valence-electron chi connectivity index (χ1n) is 7.47. The van der Waals surface area contributed by atoms with Crippen LogP contribution in [0.2, 0.25) is 0 Å². The van der Waals surface area contributed by atoms with Crippen molar-refractivity contribution in [2.24, 2.45) is 0 Å². The Bertz CT molecular complexity index is 892. The van der Waals surface area contributed by atoms with Crippen molar-refractivity contribution in [3.05, 3.63) is 52.9 Å². The zero-order valence-electron chi connectivity index (χ0n) is 13.2. The minimum absolute atomic E-state index is 0.141. The van der Waals surface area contributed by atoms with E-state index in [-0.39, 0.29) is 12.7 Å². The number of methoxy groups -OCH3 is 1. The molecule has 0 spiro atoms. The number of anilines is 1. The van der Waals surface area contributed by atoms with E-state index < -0.39 is 0 Å². The molecule has 0 aromatic heterocycles. The van der Waals surface area contributed by atoms with E-state index in [1.165, 1.54) is 16.7 Å². The van der Waals surface area contributed by atoms with Crippen molar-refractivity contribution in [3.63, 3.8) is 0 Å². The second-order valence-corrected chi connectivity index (χ2v) is 7.00. The van der Waals surface area contributed by atoms with Crippen LogP contribution in [0.15, 0.2) is 47.4 Å². The van der Waals surface area contributed by atoms with E-state index in [1.54, 1.807) is 19.2 Å². The molecule has 2 aromatic rings. The third-order valence-corrected chi connectivity index (χ3v) is 5.12. The van der Waals surface area contributed by atoms with Crippen molar-refractivity contribution >= 4 is 46.0 Å². The molecule has 0 saturated carbocycles. The number of hydrogen-bond donors (Lipinski definition) is 0. The van der Waals surface area contributed by atoms with Gasteiger partial charge in [0.2, 0.25) is 6.79 Å². The summed E-state index contributed by atoms with van der Waals surface area (Å²) in [6.45, 7) is 0.221. The molecule has 0 unspecified atom stereocenters. The summed E-state index contributed by atoms with van der Waals surface area (Å²) in [6.07, 6.45) is 1.81. The third-order valence-electron chi connectivity index (χ3n) is 3.82. The Morgan fingerprint density at radius 2 is 1.92 bits per heavy atom. The van der Waals surface area contributed by atoms with Gasteiger partial charge in [0.1, 0.15) is 5.75 Å². The molecule has 0 N–H and O–H groups in total. The number of fused-ring (bicyclic) bond motifs is 1. The second kappa shape index (κ2) is 6.42. The fraction of sp³-hybridized carbons (Fsp3) is 0.111. The molecular weight excluding hydrogens is 358 g/mol. The minimum Gasteiger partial charge on any atom is -0.497 e. The molecule has 2 aliphatic rings. The van der Waals surface area contributed by atoms with Crippen LogP contribution in [0, 0.1) is 0 Å². The van der Waals surface area contributed by atoms with Gasteiger partial charge in [-0.05, 0) is 48.0 Å². The van der Waals surface area contributed by atoms with Crippen LogP contribution >= 0.6 is 24.0 Å². The lowest BCUT2D eigenvalue weighted by Crippen LogP contribution is -2.27. The number of carbonyl (C=O) groups excluding carboxylic acids is 1. The molecule has 5 nitrogen and oxygen atoms in total. The van der Waals surface area contributed by atoms with Crippen LogP contribution < -0.4 is 19.1 Å². The van der Waals surface area contributed by atoms with Gasteiger partial charge in [0.05, 0.1) is 17.7 Å². The third kappa shape index (κ3) is 2.96. The van der Waals surface area contributed by atoms with Crippen molar-refractivity contribution < 1.29 is 19.0 Å². The van der Waals surface area contributed by atoms with Crippen molar-refractivity contribution in [2.45, 2.75) is 0 Å². The van der Waals surface area contributed by atoms with Crippen LogP contribution in [0.1, 0.15) is 5.56 Å². The van der Waals surface area contributed by atoms with E-state index in [4.69, 9.17) is 26.4 Å². The van der Waals surface area contributed by atoms with Crippen LogP contribution in [0.25, 0.3) is 6.08 Å².